The van der Waals surface area contributed by atoms with E-state index in [2.05, 4.69) is 10.4 Å². The van der Waals surface area contributed by atoms with Gasteiger partial charge in [-0.1, -0.05) is 35.5 Å². The maximum atomic E-state index is 12.7. The lowest BCUT2D eigenvalue weighted by Crippen LogP contribution is -2.24. The quantitative estimate of drug-likeness (QED) is 0.562. The van der Waals surface area contributed by atoms with E-state index in [4.69, 9.17) is 16.3 Å². The molecule has 0 radical (unpaired) electrons. The smallest absolute Gasteiger partial charge is 0.271 e. The summed E-state index contributed by atoms with van der Waals surface area (Å²) in [6.45, 7) is 5.61. The van der Waals surface area contributed by atoms with E-state index in [0.717, 1.165) is 11.1 Å². The summed E-state index contributed by atoms with van der Waals surface area (Å²) in [7, 11) is 1.56. The largest absolute Gasteiger partial charge is 0.495 e. The Balaban J connectivity index is 1.79. The average molecular weight is 444 g/mol. The van der Waals surface area contributed by atoms with E-state index in [9.17, 15) is 9.59 Å². The highest BCUT2D eigenvalue weighted by Crippen LogP contribution is 2.27. The van der Waals surface area contributed by atoms with Crippen LogP contribution in [0.2, 0.25) is 5.02 Å². The molecule has 0 saturated heterocycles. The molecule has 1 N–H and O–H groups in total. The fraction of sp³-hybridized carbons (Fsp3) is 0.227. The Morgan fingerprint density at radius 1 is 1.17 bits per heavy atom. The second-order valence-corrected chi connectivity index (χ2v) is 8.58. The lowest BCUT2D eigenvalue weighted by Gasteiger charge is -2.15. The number of nitrogens with one attached hydrogen (secondary N) is 1. The molecule has 3 aromatic rings. The van der Waals surface area contributed by atoms with Crippen LogP contribution in [0.1, 0.15) is 18.1 Å². The van der Waals surface area contributed by atoms with Crippen LogP contribution in [0.5, 0.6) is 5.75 Å². The third kappa shape index (κ3) is 5.04. The van der Waals surface area contributed by atoms with Crippen molar-refractivity contribution >= 4 is 35.0 Å². The van der Waals surface area contributed by atoms with Crippen LogP contribution in [0.25, 0.3) is 5.69 Å². The first kappa shape index (κ1) is 21.9. The van der Waals surface area contributed by atoms with Crippen molar-refractivity contribution in [3.8, 4) is 11.4 Å². The number of ether oxygens (including phenoxy) is 1. The van der Waals surface area contributed by atoms with Gasteiger partial charge in [-0.3, -0.25) is 9.59 Å². The summed E-state index contributed by atoms with van der Waals surface area (Å²) in [5.74, 6) is 0.399. The molecule has 6 nitrogen and oxygen atoms in total. The number of carbonyl (C=O) groups excluding carboxylic acids is 1. The Kier molecular flexibility index (Phi) is 6.84. The van der Waals surface area contributed by atoms with Crippen LogP contribution in [0, 0.1) is 13.8 Å². The monoisotopic (exact) mass is 443 g/mol. The summed E-state index contributed by atoms with van der Waals surface area (Å²) >= 11 is 7.44. The number of carbonyl (C=O) groups is 1. The van der Waals surface area contributed by atoms with E-state index in [1.165, 1.54) is 22.5 Å². The second kappa shape index (κ2) is 9.36. The molecular weight excluding hydrogens is 422 g/mol. The van der Waals surface area contributed by atoms with Crippen molar-refractivity contribution in [2.75, 3.05) is 12.4 Å². The molecule has 156 valence electrons. The van der Waals surface area contributed by atoms with E-state index in [1.807, 2.05) is 38.1 Å². The number of aromatic nitrogens is 2. The number of thioether (sulfide) groups is 1. The van der Waals surface area contributed by atoms with Crippen LogP contribution in [-0.4, -0.2) is 28.0 Å². The van der Waals surface area contributed by atoms with Crippen molar-refractivity contribution in [1.82, 2.24) is 9.78 Å². The van der Waals surface area contributed by atoms with Gasteiger partial charge >= 0.3 is 0 Å². The summed E-state index contributed by atoms with van der Waals surface area (Å²) in [5.41, 5.74) is 2.83. The van der Waals surface area contributed by atoms with Crippen molar-refractivity contribution in [2.24, 2.45) is 0 Å². The minimum absolute atomic E-state index is 0.193. The fourth-order valence-corrected chi connectivity index (χ4v) is 3.72. The predicted molar refractivity (Wildman–Crippen MR) is 121 cm³/mol. The SMILES string of the molecule is COc1ccc(C)cc1NC(=O)[C@H](C)Sc1ccc(=O)n(-c2ccc(C)c(Cl)c2)n1. The topological polar surface area (TPSA) is 73.2 Å². The molecule has 1 amide bonds. The summed E-state index contributed by atoms with van der Waals surface area (Å²) in [6, 6.07) is 13.9. The predicted octanol–water partition coefficient (Wildman–Crippen LogP) is 4.63. The minimum Gasteiger partial charge on any atom is -0.495 e. The van der Waals surface area contributed by atoms with Crippen LogP contribution in [-0.2, 0) is 4.79 Å². The molecule has 3 rings (SSSR count). The number of rotatable bonds is 6. The van der Waals surface area contributed by atoms with Gasteiger partial charge in [-0.2, -0.15) is 9.78 Å². The number of halogens is 1. The number of aryl methyl sites for hydroxylation is 2. The third-order valence-corrected chi connectivity index (χ3v) is 5.89. The van der Waals surface area contributed by atoms with Crippen LogP contribution in [0.4, 0.5) is 5.69 Å². The molecule has 30 heavy (non-hydrogen) atoms. The van der Waals surface area contributed by atoms with Crippen molar-refractivity contribution in [1.29, 1.82) is 0 Å². The molecule has 0 unspecified atom stereocenters. The number of hydrogen-bond donors (Lipinski definition) is 1. The van der Waals surface area contributed by atoms with Gasteiger partial charge in [0, 0.05) is 11.1 Å². The van der Waals surface area contributed by atoms with Crippen LogP contribution < -0.4 is 15.6 Å². The number of hydrogen-bond acceptors (Lipinski definition) is 5. The molecule has 1 aromatic heterocycles. The van der Waals surface area contributed by atoms with E-state index in [-0.39, 0.29) is 11.5 Å². The lowest BCUT2D eigenvalue weighted by molar-refractivity contribution is -0.115. The first-order valence-electron chi connectivity index (χ1n) is 9.27. The van der Waals surface area contributed by atoms with E-state index < -0.39 is 5.25 Å². The number of nitrogens with zero attached hydrogens (tertiary/aromatic N) is 2. The maximum Gasteiger partial charge on any atom is 0.271 e. The Morgan fingerprint density at radius 2 is 1.93 bits per heavy atom. The van der Waals surface area contributed by atoms with E-state index in [1.54, 1.807) is 32.2 Å². The molecular formula is C22H22ClN3O3S. The van der Waals surface area contributed by atoms with Crippen LogP contribution in [0.15, 0.2) is 58.4 Å². The Bertz CT molecular complexity index is 1150. The van der Waals surface area contributed by atoms with Gasteiger partial charge in [0.25, 0.3) is 5.56 Å². The highest BCUT2D eigenvalue weighted by molar-refractivity contribution is 8.00. The first-order valence-corrected chi connectivity index (χ1v) is 10.5. The van der Waals surface area contributed by atoms with Gasteiger partial charge in [0.1, 0.15) is 10.8 Å². The average Bonchev–Trinajstić information content (AvgIpc) is 2.71. The van der Waals surface area contributed by atoms with Gasteiger partial charge < -0.3 is 10.1 Å². The van der Waals surface area contributed by atoms with E-state index in [0.29, 0.717) is 27.2 Å². The van der Waals surface area contributed by atoms with Gasteiger partial charge in [-0.05, 0) is 62.2 Å². The summed E-state index contributed by atoms with van der Waals surface area (Å²) in [4.78, 5) is 25.0. The van der Waals surface area contributed by atoms with Gasteiger partial charge in [0.2, 0.25) is 5.91 Å². The second-order valence-electron chi connectivity index (χ2n) is 6.81. The third-order valence-electron chi connectivity index (χ3n) is 4.46. The van der Waals surface area contributed by atoms with Gasteiger partial charge in [-0.15, -0.1) is 0 Å². The molecule has 0 aliphatic heterocycles. The molecule has 0 saturated carbocycles. The van der Waals surface area contributed by atoms with Gasteiger partial charge in [0.15, 0.2) is 0 Å². The standard InChI is InChI=1S/C22H22ClN3O3S/c1-13-5-8-19(29-4)18(11-13)24-22(28)15(3)30-20-9-10-21(27)26(25-20)16-7-6-14(2)17(23)12-16/h5-12,15H,1-4H3,(H,24,28)/t15-/m0/s1. The Morgan fingerprint density at radius 3 is 2.63 bits per heavy atom. The van der Waals surface area contributed by atoms with Crippen LogP contribution in [0.3, 0.4) is 0 Å². The zero-order chi connectivity index (χ0) is 21.8. The van der Waals surface area contributed by atoms with Crippen molar-refractivity contribution in [3.63, 3.8) is 0 Å². The minimum atomic E-state index is -0.449. The zero-order valence-corrected chi connectivity index (χ0v) is 18.7. The molecule has 0 bridgehead atoms. The zero-order valence-electron chi connectivity index (χ0n) is 17.1. The van der Waals surface area contributed by atoms with Crippen LogP contribution >= 0.6 is 23.4 Å². The lowest BCUT2D eigenvalue weighted by atomic mass is 10.2. The molecule has 1 atom stereocenters. The Hall–Kier alpha value is -2.77. The van der Waals surface area contributed by atoms with Gasteiger partial charge in [0.05, 0.1) is 23.7 Å². The fourth-order valence-electron chi connectivity index (χ4n) is 2.74. The molecule has 0 spiro atoms. The molecule has 2 aromatic carbocycles. The number of methoxy groups -OCH3 is 1. The number of anilines is 1. The normalized spacial score (nSPS) is 11.8. The molecule has 0 aliphatic carbocycles. The molecule has 0 fully saturated rings. The van der Waals surface area contributed by atoms with Crippen molar-refractivity contribution in [3.05, 3.63) is 75.0 Å². The molecule has 0 aliphatic rings. The van der Waals surface area contributed by atoms with Crippen molar-refractivity contribution in [2.45, 2.75) is 31.0 Å². The number of benzene rings is 2. The highest BCUT2D eigenvalue weighted by atomic mass is 35.5. The van der Waals surface area contributed by atoms with E-state index >= 15 is 0 Å². The van der Waals surface area contributed by atoms with Crippen molar-refractivity contribution < 1.29 is 9.53 Å². The summed E-state index contributed by atoms with van der Waals surface area (Å²) in [6.07, 6.45) is 0. The summed E-state index contributed by atoms with van der Waals surface area (Å²) in [5, 5.41) is 7.94. The highest BCUT2D eigenvalue weighted by Gasteiger charge is 2.18. The molecule has 1 heterocycles. The molecule has 8 heteroatoms. The first-order chi connectivity index (χ1) is 14.3. The maximum absolute atomic E-state index is 12.7. The van der Waals surface area contributed by atoms with Gasteiger partial charge in [-0.25, -0.2) is 0 Å². The summed E-state index contributed by atoms with van der Waals surface area (Å²) < 4.78 is 6.59. The number of amides is 1. The Labute approximate surface area is 184 Å².